The van der Waals surface area contributed by atoms with Crippen LogP contribution < -0.4 is 0 Å². The minimum atomic E-state index is -3.50. The van der Waals surface area contributed by atoms with Gasteiger partial charge in [0.2, 0.25) is 0 Å². The van der Waals surface area contributed by atoms with Crippen molar-refractivity contribution in [2.75, 3.05) is 39.3 Å². The maximum absolute atomic E-state index is 13.0. The highest BCUT2D eigenvalue weighted by atomic mass is 32.2. The predicted molar refractivity (Wildman–Crippen MR) is 131 cm³/mol. The number of amides is 1. The topological polar surface area (TPSA) is 113 Å². The van der Waals surface area contributed by atoms with Crippen LogP contribution in [0.1, 0.15) is 46.5 Å². The van der Waals surface area contributed by atoms with Crippen LogP contribution in [0.2, 0.25) is 0 Å². The van der Waals surface area contributed by atoms with E-state index in [4.69, 9.17) is 4.74 Å². The Balaban J connectivity index is 1.21. The van der Waals surface area contributed by atoms with Gasteiger partial charge in [0.25, 0.3) is 5.69 Å². The van der Waals surface area contributed by atoms with Gasteiger partial charge in [0.15, 0.2) is 9.84 Å². The molecule has 3 aliphatic heterocycles. The summed E-state index contributed by atoms with van der Waals surface area (Å²) in [7, 11) is -3.50. The summed E-state index contributed by atoms with van der Waals surface area (Å²) >= 11 is 0. The first-order chi connectivity index (χ1) is 16.4. The van der Waals surface area contributed by atoms with Crippen LogP contribution in [-0.2, 0) is 14.6 Å². The minimum absolute atomic E-state index is 0.108. The van der Waals surface area contributed by atoms with E-state index in [1.807, 2.05) is 20.8 Å². The molecule has 0 radical (unpaired) electrons. The number of ether oxygens (including phenoxy) is 1. The Labute approximate surface area is 207 Å². The van der Waals surface area contributed by atoms with Crippen molar-refractivity contribution in [3.8, 4) is 0 Å². The van der Waals surface area contributed by atoms with Gasteiger partial charge in [0.1, 0.15) is 5.60 Å². The summed E-state index contributed by atoms with van der Waals surface area (Å²) in [4.78, 5) is 29.4. The summed E-state index contributed by atoms with van der Waals surface area (Å²) in [6.45, 7) is 10.5. The molecular weight excluding hydrogens is 472 g/mol. The average molecular weight is 509 g/mol. The number of likely N-dealkylation sites (tertiary alicyclic amines) is 3. The van der Waals surface area contributed by atoms with E-state index in [0.29, 0.717) is 38.0 Å². The molecule has 0 bridgehead atoms. The van der Waals surface area contributed by atoms with Gasteiger partial charge in [-0.15, -0.1) is 0 Å². The molecule has 11 heteroatoms. The quantitative estimate of drug-likeness (QED) is 0.441. The maximum Gasteiger partial charge on any atom is 0.410 e. The molecule has 0 aromatic heterocycles. The van der Waals surface area contributed by atoms with Crippen molar-refractivity contribution >= 4 is 21.6 Å². The Hall–Kier alpha value is -2.24. The lowest BCUT2D eigenvalue weighted by Crippen LogP contribution is -2.64. The number of nitrogens with zero attached hydrogens (tertiary/aromatic N) is 4. The molecule has 1 amide bonds. The summed E-state index contributed by atoms with van der Waals surface area (Å²) < 4.78 is 31.5. The Morgan fingerprint density at radius 2 is 1.51 bits per heavy atom. The standard InChI is InChI=1S/C24H36N4O6S/c1-24(2,3)34-23(29)26-12-8-18(9-13-26)27-16-20(17-27)25-14-10-22(11-15-25)35(32,33)21-6-4-19(5-7-21)28(30)31/h4-7,18,20,22H,8-17H2,1-3H3. The number of carbonyl (C=O) groups is 1. The fourth-order valence-electron chi connectivity index (χ4n) is 5.26. The SMILES string of the molecule is CC(C)(C)OC(=O)N1CCC(N2CC(N3CCC(S(=O)(=O)c4ccc([N+](=O)[O-])cc4)CC3)C2)CC1. The number of sulfone groups is 1. The zero-order chi connectivity index (χ0) is 25.4. The van der Waals surface area contributed by atoms with Crippen LogP contribution in [-0.4, -0.2) is 96.3 Å². The number of non-ortho nitro benzene ring substituents is 1. The lowest BCUT2D eigenvalue weighted by molar-refractivity contribution is -0.384. The number of carbonyl (C=O) groups excluding carboxylic acids is 1. The van der Waals surface area contributed by atoms with E-state index in [0.717, 1.165) is 39.0 Å². The molecule has 4 rings (SSSR count). The maximum atomic E-state index is 13.0. The highest BCUT2D eigenvalue weighted by molar-refractivity contribution is 7.92. The Bertz CT molecular complexity index is 1020. The van der Waals surface area contributed by atoms with Gasteiger partial charge in [-0.3, -0.25) is 19.9 Å². The highest BCUT2D eigenvalue weighted by Gasteiger charge is 2.40. The zero-order valence-electron chi connectivity index (χ0n) is 20.8. The van der Waals surface area contributed by atoms with Crippen molar-refractivity contribution in [1.29, 1.82) is 0 Å². The average Bonchev–Trinajstić information content (AvgIpc) is 2.78. The third kappa shape index (κ3) is 5.95. The van der Waals surface area contributed by atoms with Crippen LogP contribution in [0.4, 0.5) is 10.5 Å². The van der Waals surface area contributed by atoms with E-state index < -0.39 is 25.6 Å². The molecule has 1 aromatic rings. The molecule has 10 nitrogen and oxygen atoms in total. The molecule has 0 N–H and O–H groups in total. The second-order valence-electron chi connectivity index (χ2n) is 10.8. The number of benzene rings is 1. The molecule has 0 atom stereocenters. The van der Waals surface area contributed by atoms with Crippen molar-refractivity contribution in [3.05, 3.63) is 34.4 Å². The van der Waals surface area contributed by atoms with E-state index in [1.54, 1.807) is 4.90 Å². The van der Waals surface area contributed by atoms with Crippen LogP contribution in [0, 0.1) is 10.1 Å². The molecule has 35 heavy (non-hydrogen) atoms. The van der Waals surface area contributed by atoms with Crippen molar-refractivity contribution in [3.63, 3.8) is 0 Å². The number of piperidine rings is 2. The van der Waals surface area contributed by atoms with Gasteiger partial charge in [-0.25, -0.2) is 13.2 Å². The molecule has 3 aliphatic rings. The summed E-state index contributed by atoms with van der Waals surface area (Å²) in [6, 6.07) is 6.12. The minimum Gasteiger partial charge on any atom is -0.444 e. The third-order valence-electron chi connectivity index (χ3n) is 7.33. The number of hydrogen-bond acceptors (Lipinski definition) is 8. The second-order valence-corrected chi connectivity index (χ2v) is 13.1. The molecule has 0 spiro atoms. The fraction of sp³-hybridized carbons (Fsp3) is 0.708. The summed E-state index contributed by atoms with van der Waals surface area (Å²) in [6.07, 6.45) is 2.81. The predicted octanol–water partition coefficient (Wildman–Crippen LogP) is 2.92. The van der Waals surface area contributed by atoms with Gasteiger partial charge in [0, 0.05) is 50.4 Å². The van der Waals surface area contributed by atoms with Gasteiger partial charge in [-0.05, 0) is 71.7 Å². The van der Waals surface area contributed by atoms with E-state index in [2.05, 4.69) is 9.80 Å². The number of hydrogen-bond donors (Lipinski definition) is 0. The smallest absolute Gasteiger partial charge is 0.410 e. The number of nitro groups is 1. The molecule has 3 fully saturated rings. The fourth-order valence-corrected chi connectivity index (χ4v) is 6.99. The van der Waals surface area contributed by atoms with Crippen molar-refractivity contribution in [2.24, 2.45) is 0 Å². The van der Waals surface area contributed by atoms with Crippen LogP contribution in [0.25, 0.3) is 0 Å². The van der Waals surface area contributed by atoms with Crippen LogP contribution >= 0.6 is 0 Å². The third-order valence-corrected chi connectivity index (χ3v) is 9.61. The molecular formula is C24H36N4O6S. The van der Waals surface area contributed by atoms with Gasteiger partial charge < -0.3 is 9.64 Å². The van der Waals surface area contributed by atoms with Crippen LogP contribution in [0.15, 0.2) is 29.2 Å². The second kappa shape index (κ2) is 10.0. The van der Waals surface area contributed by atoms with Crippen LogP contribution in [0.3, 0.4) is 0 Å². The first kappa shape index (κ1) is 25.8. The Morgan fingerprint density at radius 1 is 0.943 bits per heavy atom. The van der Waals surface area contributed by atoms with Crippen molar-refractivity contribution in [2.45, 2.75) is 74.3 Å². The summed E-state index contributed by atoms with van der Waals surface area (Å²) in [5.74, 6) is 0. The first-order valence-corrected chi connectivity index (χ1v) is 13.9. The molecule has 1 aromatic carbocycles. The molecule has 3 heterocycles. The molecule has 0 unspecified atom stereocenters. The van der Waals surface area contributed by atoms with Gasteiger partial charge in [0.05, 0.1) is 15.1 Å². The molecule has 0 saturated carbocycles. The summed E-state index contributed by atoms with van der Waals surface area (Å²) in [5.41, 5.74) is -0.586. The normalized spacial score (nSPS) is 22.1. The van der Waals surface area contributed by atoms with Gasteiger partial charge >= 0.3 is 6.09 Å². The van der Waals surface area contributed by atoms with E-state index in [1.165, 1.54) is 24.3 Å². The monoisotopic (exact) mass is 508 g/mol. The highest BCUT2D eigenvalue weighted by Crippen LogP contribution is 2.30. The zero-order valence-corrected chi connectivity index (χ0v) is 21.6. The summed E-state index contributed by atoms with van der Waals surface area (Å²) in [5, 5.41) is 10.4. The van der Waals surface area contributed by atoms with Gasteiger partial charge in [-0.1, -0.05) is 0 Å². The van der Waals surface area contributed by atoms with Crippen molar-refractivity contribution in [1.82, 2.24) is 14.7 Å². The number of rotatable bonds is 5. The number of nitro benzene ring substituents is 1. The Morgan fingerprint density at radius 3 is 2.03 bits per heavy atom. The van der Waals surface area contributed by atoms with Gasteiger partial charge in [-0.2, -0.15) is 0 Å². The van der Waals surface area contributed by atoms with Crippen LogP contribution in [0.5, 0.6) is 0 Å². The molecule has 194 valence electrons. The van der Waals surface area contributed by atoms with E-state index in [9.17, 15) is 23.3 Å². The van der Waals surface area contributed by atoms with E-state index in [-0.39, 0.29) is 16.7 Å². The van der Waals surface area contributed by atoms with Crippen molar-refractivity contribution < 1.29 is 22.9 Å². The first-order valence-electron chi connectivity index (χ1n) is 12.4. The lowest BCUT2D eigenvalue weighted by atomic mass is 9.95. The Kier molecular flexibility index (Phi) is 7.40. The lowest BCUT2D eigenvalue weighted by Gasteiger charge is -2.51. The largest absolute Gasteiger partial charge is 0.444 e. The van der Waals surface area contributed by atoms with E-state index >= 15 is 0 Å². The molecule has 3 saturated heterocycles. The molecule has 0 aliphatic carbocycles.